The maximum absolute atomic E-state index is 13.3. The smallest absolute Gasteiger partial charge is 0.336 e. The molecule has 1 unspecified atom stereocenters. The second-order valence-corrected chi connectivity index (χ2v) is 9.36. The summed E-state index contributed by atoms with van der Waals surface area (Å²) in [5, 5.41) is 3.19. The first kappa shape index (κ1) is 25.1. The zero-order chi connectivity index (χ0) is 26.6. The molecule has 0 fully saturated rings. The van der Waals surface area contributed by atoms with Crippen LogP contribution in [-0.4, -0.2) is 22.5 Å². The molecular formula is C31H29FN4O2. The average Bonchev–Trinajstić information content (AvgIpc) is 2.92. The number of aromatic nitrogens is 2. The molecule has 0 saturated heterocycles. The molecule has 1 aromatic heterocycles. The van der Waals surface area contributed by atoms with E-state index < -0.39 is 5.97 Å². The molecular weight excluding hydrogens is 479 g/mol. The molecule has 7 heteroatoms. The molecule has 0 spiro atoms. The Bertz CT molecular complexity index is 1490. The van der Waals surface area contributed by atoms with Crippen LogP contribution >= 0.6 is 0 Å². The summed E-state index contributed by atoms with van der Waals surface area (Å²) in [6.45, 7) is 6.90. The quantitative estimate of drug-likeness (QED) is 0.177. The number of nitrogens with one attached hydrogen (secondary N) is 1. The lowest BCUT2D eigenvalue weighted by Gasteiger charge is -2.37. The number of rotatable bonds is 6. The summed E-state index contributed by atoms with van der Waals surface area (Å²) >= 11 is 0. The number of nitrogens with zero attached hydrogens (tertiary/aromatic N) is 3. The van der Waals surface area contributed by atoms with Crippen molar-refractivity contribution in [1.29, 1.82) is 0 Å². The van der Waals surface area contributed by atoms with Gasteiger partial charge in [0.15, 0.2) is 0 Å². The molecule has 1 aliphatic rings. The standard InChI is InChI=1S/C31H29FN4O2/c1-20-21(2)33-31(34-26-12-10-25(32)11-13-26)35-30(20)36-18-17-24-19-27(14-15-28(24)22(36)3)38-29(37)16-9-23-7-5-4-6-8-23/h4-16,19,22H,17-18H2,1-3H3,(H,33,34,35)/b16-9+. The van der Waals surface area contributed by atoms with E-state index in [0.717, 1.165) is 46.9 Å². The highest BCUT2D eigenvalue weighted by Crippen LogP contribution is 2.36. The third-order valence-electron chi connectivity index (χ3n) is 6.82. The van der Waals surface area contributed by atoms with E-state index in [4.69, 9.17) is 9.72 Å². The Hall–Kier alpha value is -4.52. The highest BCUT2D eigenvalue weighted by Gasteiger charge is 2.27. The Labute approximate surface area is 221 Å². The number of ether oxygens (including phenoxy) is 1. The highest BCUT2D eigenvalue weighted by atomic mass is 19.1. The van der Waals surface area contributed by atoms with Gasteiger partial charge in [0.25, 0.3) is 0 Å². The lowest BCUT2D eigenvalue weighted by Crippen LogP contribution is -2.35. The number of carbonyl (C=O) groups is 1. The minimum atomic E-state index is -0.410. The Morgan fingerprint density at radius 3 is 2.58 bits per heavy atom. The number of benzene rings is 3. The van der Waals surface area contributed by atoms with Crippen molar-refractivity contribution < 1.29 is 13.9 Å². The van der Waals surface area contributed by atoms with Crippen molar-refractivity contribution in [1.82, 2.24) is 9.97 Å². The van der Waals surface area contributed by atoms with Crippen LogP contribution in [-0.2, 0) is 11.2 Å². The number of esters is 1. The van der Waals surface area contributed by atoms with Gasteiger partial charge >= 0.3 is 5.97 Å². The van der Waals surface area contributed by atoms with Gasteiger partial charge in [0.1, 0.15) is 17.4 Å². The SMILES string of the molecule is Cc1nc(Nc2ccc(F)cc2)nc(N2CCc3cc(OC(=O)/C=C/c4ccccc4)ccc3C2C)c1C. The maximum atomic E-state index is 13.3. The minimum absolute atomic E-state index is 0.0631. The van der Waals surface area contributed by atoms with Gasteiger partial charge in [-0.25, -0.2) is 14.2 Å². The van der Waals surface area contributed by atoms with Crippen LogP contribution in [0.1, 0.15) is 40.9 Å². The van der Waals surface area contributed by atoms with Gasteiger partial charge in [-0.3, -0.25) is 0 Å². The van der Waals surface area contributed by atoms with Crippen molar-refractivity contribution >= 4 is 29.5 Å². The fourth-order valence-electron chi connectivity index (χ4n) is 4.65. The minimum Gasteiger partial charge on any atom is -0.423 e. The van der Waals surface area contributed by atoms with Crippen molar-refractivity contribution in [3.63, 3.8) is 0 Å². The van der Waals surface area contributed by atoms with Gasteiger partial charge in [0, 0.05) is 29.6 Å². The summed E-state index contributed by atoms with van der Waals surface area (Å²) in [4.78, 5) is 24.0. The van der Waals surface area contributed by atoms with E-state index in [1.54, 1.807) is 18.2 Å². The molecule has 0 saturated carbocycles. The van der Waals surface area contributed by atoms with Crippen LogP contribution < -0.4 is 15.0 Å². The number of anilines is 3. The zero-order valence-electron chi connectivity index (χ0n) is 21.6. The molecule has 0 bridgehead atoms. The van der Waals surface area contributed by atoms with E-state index in [1.165, 1.54) is 23.8 Å². The van der Waals surface area contributed by atoms with Gasteiger partial charge in [-0.1, -0.05) is 36.4 Å². The number of halogens is 1. The fourth-order valence-corrected chi connectivity index (χ4v) is 4.65. The molecule has 0 aliphatic carbocycles. The maximum Gasteiger partial charge on any atom is 0.336 e. The zero-order valence-corrected chi connectivity index (χ0v) is 21.6. The van der Waals surface area contributed by atoms with Crippen molar-refractivity contribution in [3.05, 3.63) is 113 Å². The van der Waals surface area contributed by atoms with Gasteiger partial charge < -0.3 is 15.0 Å². The first-order valence-electron chi connectivity index (χ1n) is 12.6. The van der Waals surface area contributed by atoms with E-state index in [0.29, 0.717) is 11.7 Å². The van der Waals surface area contributed by atoms with Crippen LogP contribution in [0.25, 0.3) is 6.08 Å². The lowest BCUT2D eigenvalue weighted by molar-refractivity contribution is -0.128. The average molecular weight is 509 g/mol. The van der Waals surface area contributed by atoms with E-state index in [1.807, 2.05) is 62.4 Å². The predicted molar refractivity (Wildman–Crippen MR) is 148 cm³/mol. The van der Waals surface area contributed by atoms with Gasteiger partial charge in [0.05, 0.1) is 6.04 Å². The Morgan fingerprint density at radius 1 is 1.05 bits per heavy atom. The molecule has 38 heavy (non-hydrogen) atoms. The third-order valence-corrected chi connectivity index (χ3v) is 6.82. The molecule has 3 aromatic carbocycles. The Morgan fingerprint density at radius 2 is 1.82 bits per heavy atom. The van der Waals surface area contributed by atoms with Crippen LogP contribution in [0.5, 0.6) is 5.75 Å². The largest absolute Gasteiger partial charge is 0.423 e. The monoisotopic (exact) mass is 508 g/mol. The van der Waals surface area contributed by atoms with Crippen LogP contribution in [0.4, 0.5) is 21.8 Å². The normalized spacial score (nSPS) is 14.8. The Balaban J connectivity index is 1.33. The molecule has 1 atom stereocenters. The van der Waals surface area contributed by atoms with E-state index in [9.17, 15) is 9.18 Å². The van der Waals surface area contributed by atoms with Crippen molar-refractivity contribution in [2.75, 3.05) is 16.8 Å². The van der Waals surface area contributed by atoms with Crippen LogP contribution in [0, 0.1) is 19.7 Å². The van der Waals surface area contributed by atoms with Crippen LogP contribution in [0.15, 0.2) is 78.9 Å². The molecule has 192 valence electrons. The van der Waals surface area contributed by atoms with Gasteiger partial charge in [-0.15, -0.1) is 0 Å². The summed E-state index contributed by atoms with van der Waals surface area (Å²) in [7, 11) is 0. The fraction of sp³-hybridized carbons (Fsp3) is 0.194. The predicted octanol–water partition coefficient (Wildman–Crippen LogP) is 6.72. The van der Waals surface area contributed by atoms with Gasteiger partial charge in [0.2, 0.25) is 5.95 Å². The first-order chi connectivity index (χ1) is 18.4. The van der Waals surface area contributed by atoms with Crippen molar-refractivity contribution in [3.8, 4) is 5.75 Å². The summed E-state index contributed by atoms with van der Waals surface area (Å²) in [5.41, 5.74) is 5.87. The molecule has 1 N–H and O–H groups in total. The van der Waals surface area contributed by atoms with Gasteiger partial charge in [-0.05, 0) is 86.4 Å². The van der Waals surface area contributed by atoms with E-state index >= 15 is 0 Å². The van der Waals surface area contributed by atoms with Crippen LogP contribution in [0.3, 0.4) is 0 Å². The third kappa shape index (κ3) is 5.57. The number of hydrogen-bond acceptors (Lipinski definition) is 6. The number of carbonyl (C=O) groups excluding carboxylic acids is 1. The van der Waals surface area contributed by atoms with Gasteiger partial charge in [-0.2, -0.15) is 4.98 Å². The van der Waals surface area contributed by atoms with Crippen LogP contribution in [0.2, 0.25) is 0 Å². The molecule has 5 rings (SSSR count). The number of fused-ring (bicyclic) bond motifs is 1. The number of hydrogen-bond donors (Lipinski definition) is 1. The molecule has 1 aliphatic heterocycles. The number of aryl methyl sites for hydroxylation is 1. The molecule has 2 heterocycles. The van der Waals surface area contributed by atoms with Crippen molar-refractivity contribution in [2.24, 2.45) is 0 Å². The lowest BCUT2D eigenvalue weighted by atomic mass is 9.93. The summed E-state index contributed by atoms with van der Waals surface area (Å²) < 4.78 is 18.9. The summed E-state index contributed by atoms with van der Waals surface area (Å²) in [6.07, 6.45) is 3.97. The topological polar surface area (TPSA) is 67.3 Å². The first-order valence-corrected chi connectivity index (χ1v) is 12.6. The van der Waals surface area contributed by atoms with Crippen molar-refractivity contribution in [2.45, 2.75) is 33.2 Å². The molecule has 6 nitrogen and oxygen atoms in total. The van der Waals surface area contributed by atoms with E-state index in [2.05, 4.69) is 22.1 Å². The molecule has 0 amide bonds. The highest BCUT2D eigenvalue weighted by molar-refractivity contribution is 5.88. The van der Waals surface area contributed by atoms with E-state index in [-0.39, 0.29) is 11.9 Å². The molecule has 4 aromatic rings. The molecule has 0 radical (unpaired) electrons. The Kier molecular flexibility index (Phi) is 7.18. The second kappa shape index (κ2) is 10.8. The second-order valence-electron chi connectivity index (χ2n) is 9.36. The summed E-state index contributed by atoms with van der Waals surface area (Å²) in [6, 6.07) is 21.6. The summed E-state index contributed by atoms with van der Waals surface area (Å²) in [5.74, 6) is 1.17.